The van der Waals surface area contributed by atoms with E-state index in [1.54, 1.807) is 24.5 Å². The van der Waals surface area contributed by atoms with Crippen LogP contribution >= 0.6 is 0 Å². The molecule has 1 saturated carbocycles. The van der Waals surface area contributed by atoms with E-state index in [1.165, 1.54) is 23.6 Å². The van der Waals surface area contributed by atoms with E-state index >= 15 is 0 Å². The van der Waals surface area contributed by atoms with Gasteiger partial charge in [0, 0.05) is 11.9 Å². The maximum Gasteiger partial charge on any atom is 0.238 e. The highest BCUT2D eigenvalue weighted by atomic mass is 19.1. The van der Waals surface area contributed by atoms with Gasteiger partial charge in [0.05, 0.1) is 12.7 Å². The van der Waals surface area contributed by atoms with Gasteiger partial charge >= 0.3 is 0 Å². The smallest absolute Gasteiger partial charge is 0.238 e. The fourth-order valence-electron chi connectivity index (χ4n) is 2.23. The van der Waals surface area contributed by atoms with E-state index in [-0.39, 0.29) is 12.5 Å². The second-order valence-electron chi connectivity index (χ2n) is 5.75. The van der Waals surface area contributed by atoms with E-state index in [9.17, 15) is 9.18 Å². The molecule has 1 fully saturated rings. The minimum Gasteiger partial charge on any atom is -0.325 e. The molecule has 0 atom stereocenters. The summed E-state index contributed by atoms with van der Waals surface area (Å²) in [6.45, 7) is 3.02. The van der Waals surface area contributed by atoms with Crippen LogP contribution in [0.5, 0.6) is 0 Å². The molecule has 1 heterocycles. The van der Waals surface area contributed by atoms with Crippen molar-refractivity contribution in [1.29, 1.82) is 0 Å². The molecule has 0 unspecified atom stereocenters. The van der Waals surface area contributed by atoms with E-state index in [1.807, 2.05) is 6.92 Å². The van der Waals surface area contributed by atoms with Crippen LogP contribution in [0.3, 0.4) is 0 Å². The second-order valence-corrected chi connectivity index (χ2v) is 5.75. The van der Waals surface area contributed by atoms with E-state index < -0.39 is 5.82 Å². The van der Waals surface area contributed by atoms with Crippen molar-refractivity contribution >= 4 is 11.6 Å². The van der Waals surface area contributed by atoms with Gasteiger partial charge in [0.1, 0.15) is 5.69 Å². The Morgan fingerprint density at radius 3 is 2.91 bits per heavy atom. The van der Waals surface area contributed by atoms with Crippen molar-refractivity contribution in [2.75, 3.05) is 18.4 Å². The fraction of sp³-hybridized carbons (Fsp3) is 0.375. The monoisotopic (exact) mass is 302 g/mol. The first-order valence-corrected chi connectivity index (χ1v) is 7.43. The van der Waals surface area contributed by atoms with Crippen molar-refractivity contribution in [2.45, 2.75) is 19.8 Å². The van der Waals surface area contributed by atoms with Crippen molar-refractivity contribution in [1.82, 2.24) is 15.1 Å². The van der Waals surface area contributed by atoms with E-state index in [2.05, 4.69) is 15.7 Å². The third-order valence-corrected chi connectivity index (χ3v) is 3.61. The molecule has 3 rings (SSSR count). The Balaban J connectivity index is 1.60. The van der Waals surface area contributed by atoms with Crippen molar-refractivity contribution in [3.63, 3.8) is 0 Å². The van der Waals surface area contributed by atoms with Crippen molar-refractivity contribution in [3.05, 3.63) is 42.0 Å². The molecule has 2 N–H and O–H groups in total. The number of amides is 1. The summed E-state index contributed by atoms with van der Waals surface area (Å²) in [6, 6.07) is 4.59. The maximum atomic E-state index is 14.1. The largest absolute Gasteiger partial charge is 0.325 e. The maximum absolute atomic E-state index is 14.1. The van der Waals surface area contributed by atoms with Crippen LogP contribution in [-0.2, 0) is 4.79 Å². The van der Waals surface area contributed by atoms with Crippen LogP contribution in [0.1, 0.15) is 18.4 Å². The Morgan fingerprint density at radius 2 is 2.27 bits per heavy atom. The van der Waals surface area contributed by atoms with Crippen LogP contribution in [0.25, 0.3) is 5.69 Å². The molecule has 0 radical (unpaired) electrons. The number of hydrogen-bond donors (Lipinski definition) is 2. The molecule has 0 bridgehead atoms. The van der Waals surface area contributed by atoms with Crippen LogP contribution in [-0.4, -0.2) is 28.8 Å². The van der Waals surface area contributed by atoms with E-state index in [0.717, 1.165) is 18.0 Å². The number of aromatic nitrogens is 2. The molecule has 0 aliphatic heterocycles. The van der Waals surface area contributed by atoms with E-state index in [4.69, 9.17) is 0 Å². The predicted molar refractivity (Wildman–Crippen MR) is 82.5 cm³/mol. The van der Waals surface area contributed by atoms with Gasteiger partial charge in [-0.05, 0) is 56.0 Å². The number of aryl methyl sites for hydroxylation is 1. The van der Waals surface area contributed by atoms with E-state index in [0.29, 0.717) is 11.4 Å². The minimum atomic E-state index is -0.424. The molecule has 0 spiro atoms. The molecular formula is C16H19FN4O. The van der Waals surface area contributed by atoms with Crippen molar-refractivity contribution < 1.29 is 9.18 Å². The third-order valence-electron chi connectivity index (χ3n) is 3.61. The second kappa shape index (κ2) is 6.27. The molecule has 2 aromatic rings. The number of halogens is 1. The van der Waals surface area contributed by atoms with Crippen molar-refractivity contribution in [3.8, 4) is 5.69 Å². The summed E-state index contributed by atoms with van der Waals surface area (Å²) in [6.07, 6.45) is 5.90. The zero-order valence-corrected chi connectivity index (χ0v) is 12.5. The molecule has 1 aromatic heterocycles. The lowest BCUT2D eigenvalue weighted by Crippen LogP contribution is -2.29. The molecule has 5 nitrogen and oxygen atoms in total. The predicted octanol–water partition coefficient (Wildman–Crippen LogP) is 2.26. The van der Waals surface area contributed by atoms with Crippen LogP contribution in [0.2, 0.25) is 0 Å². The van der Waals surface area contributed by atoms with Gasteiger partial charge in [0.25, 0.3) is 0 Å². The molecule has 1 aliphatic rings. The number of nitrogens with one attached hydrogen (secondary N) is 2. The molecule has 1 aliphatic carbocycles. The highest BCUT2D eigenvalue weighted by molar-refractivity contribution is 5.92. The van der Waals surface area contributed by atoms with Gasteiger partial charge in [-0.25, -0.2) is 9.07 Å². The SMILES string of the molecule is Cc1cnn(-c2ccc(NC(=O)CNCC3CC3)cc2F)c1. The third kappa shape index (κ3) is 3.71. The quantitative estimate of drug-likeness (QED) is 0.860. The summed E-state index contributed by atoms with van der Waals surface area (Å²) in [7, 11) is 0. The summed E-state index contributed by atoms with van der Waals surface area (Å²) >= 11 is 0. The van der Waals surface area contributed by atoms with Crippen LogP contribution in [0.4, 0.5) is 10.1 Å². The van der Waals surface area contributed by atoms with Gasteiger partial charge < -0.3 is 10.6 Å². The lowest BCUT2D eigenvalue weighted by Gasteiger charge is -2.09. The van der Waals surface area contributed by atoms with Gasteiger partial charge in [0.15, 0.2) is 5.82 Å². The lowest BCUT2D eigenvalue weighted by atomic mass is 10.2. The number of nitrogens with zero attached hydrogens (tertiary/aromatic N) is 2. The van der Waals surface area contributed by atoms with Gasteiger partial charge in [-0.3, -0.25) is 4.79 Å². The summed E-state index contributed by atoms with van der Waals surface area (Å²) in [5, 5.41) is 9.87. The average Bonchev–Trinajstić information content (AvgIpc) is 3.19. The number of carbonyl (C=O) groups is 1. The standard InChI is InChI=1S/C16H19FN4O/c1-11-7-19-21(10-11)15-5-4-13(6-14(15)17)20-16(22)9-18-8-12-2-3-12/h4-7,10,12,18H,2-3,8-9H2,1H3,(H,20,22). The normalized spacial score (nSPS) is 14.1. The van der Waals surface area contributed by atoms with Crippen molar-refractivity contribution in [2.24, 2.45) is 5.92 Å². The topological polar surface area (TPSA) is 59.0 Å². The van der Waals surface area contributed by atoms with Gasteiger partial charge in [-0.2, -0.15) is 5.10 Å². The number of anilines is 1. The molecule has 1 aromatic carbocycles. The highest BCUT2D eigenvalue weighted by Gasteiger charge is 2.20. The van der Waals surface area contributed by atoms with Crippen LogP contribution < -0.4 is 10.6 Å². The summed E-state index contributed by atoms with van der Waals surface area (Å²) in [4.78, 5) is 11.8. The highest BCUT2D eigenvalue weighted by Crippen LogP contribution is 2.27. The Morgan fingerprint density at radius 1 is 1.45 bits per heavy atom. The first-order valence-electron chi connectivity index (χ1n) is 7.43. The number of hydrogen-bond acceptors (Lipinski definition) is 3. The van der Waals surface area contributed by atoms with Gasteiger partial charge in [0.2, 0.25) is 5.91 Å². The fourth-order valence-corrected chi connectivity index (χ4v) is 2.23. The molecule has 1 amide bonds. The molecule has 6 heteroatoms. The summed E-state index contributed by atoms with van der Waals surface area (Å²) < 4.78 is 15.6. The summed E-state index contributed by atoms with van der Waals surface area (Å²) in [5.41, 5.74) is 1.76. The number of carbonyl (C=O) groups excluding carboxylic acids is 1. The summed E-state index contributed by atoms with van der Waals surface area (Å²) in [5.74, 6) is 0.136. The molecule has 116 valence electrons. The first kappa shape index (κ1) is 14.7. The number of benzene rings is 1. The molecule has 0 saturated heterocycles. The minimum absolute atomic E-state index is 0.164. The Hall–Kier alpha value is -2.21. The Bertz CT molecular complexity index is 679. The van der Waals surface area contributed by atoms with Crippen LogP contribution in [0.15, 0.2) is 30.6 Å². The molecular weight excluding hydrogens is 283 g/mol. The zero-order valence-electron chi connectivity index (χ0n) is 12.5. The first-order chi connectivity index (χ1) is 10.6. The van der Waals surface area contributed by atoms with Gasteiger partial charge in [-0.15, -0.1) is 0 Å². The van der Waals surface area contributed by atoms with Gasteiger partial charge in [-0.1, -0.05) is 0 Å². The van der Waals surface area contributed by atoms with Crippen LogP contribution in [0, 0.1) is 18.7 Å². The Labute approximate surface area is 128 Å². The number of rotatable bonds is 6. The lowest BCUT2D eigenvalue weighted by molar-refractivity contribution is -0.115. The molecule has 22 heavy (non-hydrogen) atoms. The zero-order chi connectivity index (χ0) is 15.5. The average molecular weight is 302 g/mol. The Kier molecular flexibility index (Phi) is 4.20.